The SMILES string of the molecule is [B]C(O)(CCC)C(/C=C(C)\C(C)=C/C)=C(/C)CC. The molecule has 1 unspecified atom stereocenters. The first-order valence-electron chi connectivity index (χ1n) is 6.83. The highest BCUT2D eigenvalue weighted by molar-refractivity contribution is 6.16. The molecule has 1 nitrogen and oxygen atoms in total. The molecule has 0 aliphatic heterocycles. The second-order valence-corrected chi connectivity index (χ2v) is 5.02. The Morgan fingerprint density at radius 2 is 1.72 bits per heavy atom. The summed E-state index contributed by atoms with van der Waals surface area (Å²) >= 11 is 0. The largest absolute Gasteiger partial charge is 0.395 e. The van der Waals surface area contributed by atoms with Crippen LogP contribution in [-0.4, -0.2) is 18.5 Å². The van der Waals surface area contributed by atoms with Gasteiger partial charge < -0.3 is 5.11 Å². The lowest BCUT2D eigenvalue weighted by Crippen LogP contribution is -2.31. The fourth-order valence-corrected chi connectivity index (χ4v) is 1.88. The van der Waals surface area contributed by atoms with Crippen molar-refractivity contribution in [2.24, 2.45) is 0 Å². The summed E-state index contributed by atoms with van der Waals surface area (Å²) in [5, 5.41) is 10.4. The van der Waals surface area contributed by atoms with Crippen LogP contribution in [0.4, 0.5) is 0 Å². The normalized spacial score (nSPS) is 18.4. The Morgan fingerprint density at radius 1 is 1.17 bits per heavy atom. The van der Waals surface area contributed by atoms with Crippen LogP contribution in [0.3, 0.4) is 0 Å². The van der Waals surface area contributed by atoms with E-state index >= 15 is 0 Å². The quantitative estimate of drug-likeness (QED) is 0.547. The third kappa shape index (κ3) is 4.85. The van der Waals surface area contributed by atoms with E-state index in [1.165, 1.54) is 5.57 Å². The van der Waals surface area contributed by atoms with E-state index in [-0.39, 0.29) is 0 Å². The zero-order chi connectivity index (χ0) is 14.3. The summed E-state index contributed by atoms with van der Waals surface area (Å²) in [5.74, 6) is 0. The van der Waals surface area contributed by atoms with E-state index in [4.69, 9.17) is 7.85 Å². The van der Waals surface area contributed by atoms with Crippen LogP contribution in [0, 0.1) is 0 Å². The van der Waals surface area contributed by atoms with Gasteiger partial charge in [0.25, 0.3) is 0 Å². The second kappa shape index (κ2) is 7.63. The summed E-state index contributed by atoms with van der Waals surface area (Å²) in [6, 6.07) is 0. The molecule has 0 rings (SSSR count). The molecular formula is C16H27BO. The summed E-state index contributed by atoms with van der Waals surface area (Å²) < 4.78 is 0. The first kappa shape index (κ1) is 17.2. The van der Waals surface area contributed by atoms with E-state index in [0.29, 0.717) is 6.42 Å². The molecule has 2 radical (unpaired) electrons. The highest BCUT2D eigenvalue weighted by Gasteiger charge is 2.24. The number of hydrogen-bond acceptors (Lipinski definition) is 1. The van der Waals surface area contributed by atoms with Gasteiger partial charge in [-0.05, 0) is 51.7 Å². The van der Waals surface area contributed by atoms with E-state index in [9.17, 15) is 5.11 Å². The molecule has 0 heterocycles. The molecule has 0 bridgehead atoms. The summed E-state index contributed by atoms with van der Waals surface area (Å²) in [6.45, 7) is 12.3. The summed E-state index contributed by atoms with van der Waals surface area (Å²) in [7, 11) is 6.07. The van der Waals surface area contributed by atoms with Crippen LogP contribution in [0.25, 0.3) is 0 Å². The predicted octanol–water partition coefficient (Wildman–Crippen LogP) is 4.28. The minimum absolute atomic E-state index is 0.582. The van der Waals surface area contributed by atoms with Gasteiger partial charge in [-0.3, -0.25) is 0 Å². The molecule has 0 saturated carbocycles. The maximum Gasteiger partial charge on any atom is 0.120 e. The van der Waals surface area contributed by atoms with Crippen LogP contribution in [0.2, 0.25) is 0 Å². The Balaban J connectivity index is 5.57. The minimum atomic E-state index is -1.22. The minimum Gasteiger partial charge on any atom is -0.395 e. The van der Waals surface area contributed by atoms with Crippen molar-refractivity contribution in [3.8, 4) is 0 Å². The van der Waals surface area contributed by atoms with Crippen LogP contribution in [0.1, 0.15) is 60.8 Å². The molecule has 100 valence electrons. The molecule has 0 aliphatic carbocycles. The lowest BCUT2D eigenvalue weighted by molar-refractivity contribution is 0.157. The fraction of sp³-hybridized carbons (Fsp3) is 0.625. The number of rotatable bonds is 6. The van der Waals surface area contributed by atoms with Gasteiger partial charge in [-0.25, -0.2) is 0 Å². The van der Waals surface area contributed by atoms with Gasteiger partial charge in [0.05, 0.1) is 0 Å². The van der Waals surface area contributed by atoms with E-state index in [1.54, 1.807) is 0 Å². The zero-order valence-electron chi connectivity index (χ0n) is 12.8. The molecule has 0 aromatic heterocycles. The van der Waals surface area contributed by atoms with Crippen molar-refractivity contribution in [2.75, 3.05) is 0 Å². The van der Waals surface area contributed by atoms with Crippen LogP contribution in [-0.2, 0) is 0 Å². The van der Waals surface area contributed by atoms with E-state index in [1.807, 2.05) is 26.8 Å². The van der Waals surface area contributed by atoms with Crippen molar-refractivity contribution in [1.29, 1.82) is 0 Å². The van der Waals surface area contributed by atoms with Crippen LogP contribution >= 0.6 is 0 Å². The smallest absolute Gasteiger partial charge is 0.120 e. The van der Waals surface area contributed by atoms with Gasteiger partial charge in [0, 0.05) is 5.50 Å². The van der Waals surface area contributed by atoms with Gasteiger partial charge in [-0.1, -0.05) is 43.6 Å². The van der Waals surface area contributed by atoms with Gasteiger partial charge in [0.1, 0.15) is 7.85 Å². The number of hydrogen-bond donors (Lipinski definition) is 1. The average molecular weight is 246 g/mol. The van der Waals surface area contributed by atoms with Crippen molar-refractivity contribution in [2.45, 2.75) is 66.3 Å². The van der Waals surface area contributed by atoms with Crippen LogP contribution in [0.15, 0.2) is 34.4 Å². The van der Waals surface area contributed by atoms with Gasteiger partial charge >= 0.3 is 0 Å². The molecule has 0 aliphatic rings. The number of aliphatic hydroxyl groups is 1. The Labute approximate surface area is 114 Å². The molecule has 2 heteroatoms. The molecule has 18 heavy (non-hydrogen) atoms. The molecule has 0 aromatic carbocycles. The summed E-state index contributed by atoms with van der Waals surface area (Å²) in [5.41, 5.74) is 3.16. The van der Waals surface area contributed by atoms with Crippen molar-refractivity contribution in [3.05, 3.63) is 34.4 Å². The molecule has 1 N–H and O–H groups in total. The van der Waals surface area contributed by atoms with Gasteiger partial charge in [-0.15, -0.1) is 0 Å². The topological polar surface area (TPSA) is 20.2 Å². The maximum atomic E-state index is 10.4. The summed E-state index contributed by atoms with van der Waals surface area (Å²) in [6.07, 6.45) is 6.45. The Morgan fingerprint density at radius 3 is 2.11 bits per heavy atom. The Kier molecular flexibility index (Phi) is 7.31. The van der Waals surface area contributed by atoms with Crippen molar-refractivity contribution >= 4 is 7.85 Å². The van der Waals surface area contributed by atoms with Crippen molar-refractivity contribution in [1.82, 2.24) is 0 Å². The maximum absolute atomic E-state index is 10.4. The van der Waals surface area contributed by atoms with Crippen LogP contribution < -0.4 is 0 Å². The molecular weight excluding hydrogens is 219 g/mol. The van der Waals surface area contributed by atoms with Gasteiger partial charge in [0.2, 0.25) is 0 Å². The molecule has 0 fully saturated rings. The average Bonchev–Trinajstić information content (AvgIpc) is 2.33. The molecule has 1 atom stereocenters. The van der Waals surface area contributed by atoms with E-state index in [2.05, 4.69) is 26.8 Å². The molecule has 0 spiro atoms. The third-order valence-corrected chi connectivity index (χ3v) is 3.50. The lowest BCUT2D eigenvalue weighted by atomic mass is 9.70. The molecule has 0 aromatic rings. The van der Waals surface area contributed by atoms with Crippen molar-refractivity contribution in [3.63, 3.8) is 0 Å². The zero-order valence-corrected chi connectivity index (χ0v) is 12.8. The second-order valence-electron chi connectivity index (χ2n) is 5.02. The van der Waals surface area contributed by atoms with Crippen molar-refractivity contribution < 1.29 is 5.11 Å². The highest BCUT2D eigenvalue weighted by Crippen LogP contribution is 2.27. The Hall–Kier alpha value is -0.755. The standard InChI is InChI=1S/C16H27BO/c1-7-10-16(17,18)15(13(5)9-3)11-14(6)12(4)8-2/h8,11,18H,7,9-10H2,1-6H3/b12-8-,14-11-,15-13-. The van der Waals surface area contributed by atoms with E-state index < -0.39 is 5.50 Å². The third-order valence-electron chi connectivity index (χ3n) is 3.50. The monoisotopic (exact) mass is 246 g/mol. The van der Waals surface area contributed by atoms with Crippen LogP contribution in [0.5, 0.6) is 0 Å². The van der Waals surface area contributed by atoms with Gasteiger partial charge in [0.15, 0.2) is 0 Å². The predicted molar refractivity (Wildman–Crippen MR) is 81.8 cm³/mol. The first-order valence-corrected chi connectivity index (χ1v) is 6.83. The van der Waals surface area contributed by atoms with E-state index in [0.717, 1.165) is 29.6 Å². The number of allylic oxidation sites excluding steroid dienone is 4. The Bertz CT molecular complexity index is 359. The van der Waals surface area contributed by atoms with Gasteiger partial charge in [-0.2, -0.15) is 0 Å². The first-order chi connectivity index (χ1) is 8.30. The molecule has 0 amide bonds. The summed E-state index contributed by atoms with van der Waals surface area (Å²) in [4.78, 5) is 0. The lowest BCUT2D eigenvalue weighted by Gasteiger charge is -2.28. The molecule has 0 saturated heterocycles. The fourth-order valence-electron chi connectivity index (χ4n) is 1.88. The highest BCUT2D eigenvalue weighted by atomic mass is 16.3.